The Hall–Kier alpha value is -1.32. The Bertz CT molecular complexity index is 928. The summed E-state index contributed by atoms with van der Waals surface area (Å²) in [4.78, 5) is 0. The third-order valence-electron chi connectivity index (χ3n) is 4.88. The number of nitrogens with zero attached hydrogens (tertiary/aromatic N) is 1. The third-order valence-corrected chi connectivity index (χ3v) is 18.9. The van der Waals surface area contributed by atoms with Gasteiger partial charge in [0.05, 0.1) is 11.6 Å². The maximum Gasteiger partial charge on any atom is 0.312 e. The van der Waals surface area contributed by atoms with E-state index in [-0.39, 0.29) is 0 Å². The average molecular weight is 502 g/mol. The topological polar surface area (TPSA) is 51.5 Å². The number of aryl methyl sites for hydroxylation is 1. The van der Waals surface area contributed by atoms with Gasteiger partial charge >= 0.3 is 17.1 Å². The van der Waals surface area contributed by atoms with Crippen LogP contribution in [0.15, 0.2) is 48.5 Å². The van der Waals surface area contributed by atoms with Gasteiger partial charge < -0.3 is 12.3 Å². The van der Waals surface area contributed by atoms with Crippen molar-refractivity contribution < 1.29 is 12.3 Å². The molecule has 0 spiro atoms. The van der Waals surface area contributed by atoms with E-state index in [2.05, 4.69) is 89.3 Å². The van der Waals surface area contributed by atoms with Crippen molar-refractivity contribution in [1.82, 2.24) is 0 Å². The Morgan fingerprint density at radius 2 is 1.12 bits per heavy atom. The highest BCUT2D eigenvalue weighted by atomic mass is 28.5. The molecule has 0 aliphatic rings. The highest BCUT2D eigenvalue weighted by Gasteiger charge is 2.42. The molecule has 0 fully saturated rings. The first-order valence-electron chi connectivity index (χ1n) is 11.3. The van der Waals surface area contributed by atoms with Crippen LogP contribution >= 0.6 is 0 Å². The monoisotopic (exact) mass is 501 g/mol. The molecule has 2 aromatic carbocycles. The first kappa shape index (κ1) is 26.9. The van der Waals surface area contributed by atoms with Gasteiger partial charge in [0.15, 0.2) is 16.6 Å². The van der Waals surface area contributed by atoms with E-state index in [1.807, 2.05) is 24.3 Å². The highest BCUT2D eigenvalue weighted by Crippen LogP contribution is 2.27. The van der Waals surface area contributed by atoms with Crippen LogP contribution in [0.4, 0.5) is 0 Å². The number of benzene rings is 2. The molecule has 0 radical (unpaired) electrons. The summed E-state index contributed by atoms with van der Waals surface area (Å²) < 4.78 is 19.6. The predicted molar refractivity (Wildman–Crippen MR) is 144 cm³/mol. The lowest BCUT2D eigenvalue weighted by Gasteiger charge is -2.40. The van der Waals surface area contributed by atoms with Gasteiger partial charge in [0, 0.05) is 0 Å². The first-order valence-corrected chi connectivity index (χ1v) is 23.5. The van der Waals surface area contributed by atoms with Crippen LogP contribution in [0.3, 0.4) is 0 Å². The summed E-state index contributed by atoms with van der Waals surface area (Å²) in [7, 11) is -8.01. The van der Waals surface area contributed by atoms with Gasteiger partial charge in [0.2, 0.25) is 0 Å². The molecule has 0 aromatic heterocycles. The van der Waals surface area contributed by atoms with E-state index >= 15 is 0 Å². The molecule has 0 amide bonds. The lowest BCUT2D eigenvalue weighted by atomic mass is 10.0. The molecule has 0 saturated heterocycles. The minimum absolute atomic E-state index is 0.686. The number of rotatable bonds is 10. The van der Waals surface area contributed by atoms with E-state index < -0.39 is 33.8 Å². The SMILES string of the molecule is C[Si](C)(C)O[Si](C)(C)O[Si](C)(C)O[Si](C)(C)CCc1ccc(-c2ccc(C#N)cc2)cc1. The molecule has 0 saturated carbocycles. The molecular formula is C24H39NO3Si4. The van der Waals surface area contributed by atoms with Crippen molar-refractivity contribution in [3.8, 4) is 17.2 Å². The summed E-state index contributed by atoms with van der Waals surface area (Å²) in [5, 5.41) is 8.97. The normalized spacial score (nSPS) is 13.1. The van der Waals surface area contributed by atoms with Crippen LogP contribution < -0.4 is 0 Å². The fraction of sp³-hybridized carbons (Fsp3) is 0.458. The van der Waals surface area contributed by atoms with Crippen LogP contribution in [-0.4, -0.2) is 33.8 Å². The van der Waals surface area contributed by atoms with E-state index in [4.69, 9.17) is 17.6 Å². The van der Waals surface area contributed by atoms with E-state index in [1.165, 1.54) is 11.1 Å². The molecule has 0 aliphatic heterocycles. The quantitative estimate of drug-likeness (QED) is 0.321. The number of nitriles is 1. The lowest BCUT2D eigenvalue weighted by Crippen LogP contribution is -2.55. The zero-order valence-electron chi connectivity index (χ0n) is 21.2. The summed E-state index contributed by atoms with van der Waals surface area (Å²) in [5.41, 5.74) is 4.31. The average Bonchev–Trinajstić information content (AvgIpc) is 2.63. The molecule has 4 nitrogen and oxygen atoms in total. The van der Waals surface area contributed by atoms with E-state index in [0.717, 1.165) is 18.0 Å². The van der Waals surface area contributed by atoms with Gasteiger partial charge in [-0.1, -0.05) is 36.4 Å². The number of hydrogen-bond acceptors (Lipinski definition) is 4. The maximum atomic E-state index is 8.97. The van der Waals surface area contributed by atoms with Crippen LogP contribution in [0.25, 0.3) is 11.1 Å². The summed E-state index contributed by atoms with van der Waals surface area (Å²) in [6.07, 6.45) is 1.00. The molecular weight excluding hydrogens is 463 g/mol. The van der Waals surface area contributed by atoms with E-state index in [1.54, 1.807) is 0 Å². The van der Waals surface area contributed by atoms with Gasteiger partial charge in [0.25, 0.3) is 0 Å². The molecule has 0 unspecified atom stereocenters. The van der Waals surface area contributed by atoms with Gasteiger partial charge in [-0.2, -0.15) is 5.26 Å². The van der Waals surface area contributed by atoms with Crippen molar-refractivity contribution in [2.45, 2.75) is 71.4 Å². The first-order chi connectivity index (χ1) is 14.6. The summed E-state index contributed by atoms with van der Waals surface area (Å²) in [6, 6.07) is 19.7. The minimum atomic E-state index is -2.28. The Morgan fingerprint density at radius 3 is 1.59 bits per heavy atom. The summed E-state index contributed by atoms with van der Waals surface area (Å²) in [5.74, 6) is 0. The zero-order chi connectivity index (χ0) is 24.2. The Labute approximate surface area is 199 Å². The van der Waals surface area contributed by atoms with Crippen LogP contribution in [0.2, 0.25) is 65.0 Å². The Kier molecular flexibility index (Phi) is 8.67. The van der Waals surface area contributed by atoms with Crippen molar-refractivity contribution in [2.24, 2.45) is 0 Å². The zero-order valence-corrected chi connectivity index (χ0v) is 25.2. The smallest absolute Gasteiger partial charge is 0.312 e. The molecule has 0 atom stereocenters. The van der Waals surface area contributed by atoms with Gasteiger partial charge in [-0.15, -0.1) is 0 Å². The second-order valence-corrected chi connectivity index (χ2v) is 27.2. The third kappa shape index (κ3) is 9.27. The van der Waals surface area contributed by atoms with Gasteiger partial charge in [-0.3, -0.25) is 0 Å². The van der Waals surface area contributed by atoms with E-state index in [0.29, 0.717) is 5.56 Å². The van der Waals surface area contributed by atoms with Gasteiger partial charge in [-0.05, 0) is 100 Å². The Balaban J connectivity index is 1.96. The van der Waals surface area contributed by atoms with Crippen LogP contribution in [-0.2, 0) is 18.8 Å². The van der Waals surface area contributed by atoms with Crippen LogP contribution in [0, 0.1) is 11.3 Å². The Morgan fingerprint density at radius 1 is 0.656 bits per heavy atom. The largest absolute Gasteiger partial charge is 0.437 e. The summed E-state index contributed by atoms with van der Waals surface area (Å²) >= 11 is 0. The molecule has 174 valence electrons. The van der Waals surface area contributed by atoms with E-state index in [9.17, 15) is 0 Å². The number of hydrogen-bond donors (Lipinski definition) is 0. The molecule has 0 aliphatic carbocycles. The van der Waals surface area contributed by atoms with Crippen molar-refractivity contribution in [2.75, 3.05) is 0 Å². The predicted octanol–water partition coefficient (Wildman–Crippen LogP) is 7.26. The maximum absolute atomic E-state index is 8.97. The second kappa shape index (κ2) is 10.3. The molecule has 0 N–H and O–H groups in total. The fourth-order valence-corrected chi connectivity index (χ4v) is 22.5. The van der Waals surface area contributed by atoms with Gasteiger partial charge in [0.1, 0.15) is 0 Å². The summed E-state index contributed by atoms with van der Waals surface area (Å²) in [6.45, 7) is 19.9. The lowest BCUT2D eigenvalue weighted by molar-refractivity contribution is 0.329. The minimum Gasteiger partial charge on any atom is -0.437 e. The molecule has 32 heavy (non-hydrogen) atoms. The second-order valence-electron chi connectivity index (χ2n) is 10.9. The van der Waals surface area contributed by atoms with Crippen molar-refractivity contribution >= 4 is 33.8 Å². The molecule has 0 heterocycles. The standard InChI is InChI=1S/C24H39NO3Si4/c1-29(2,3)26-31(6,7)28-32(8,9)27-30(4,5)19-18-21-10-14-23(15-11-21)24-16-12-22(20-25)13-17-24/h10-17H,18-19H2,1-9H3. The van der Waals surface area contributed by atoms with Crippen LogP contribution in [0.5, 0.6) is 0 Å². The fourth-order valence-electron chi connectivity index (χ4n) is 4.13. The van der Waals surface area contributed by atoms with Gasteiger partial charge in [-0.25, -0.2) is 0 Å². The molecule has 0 bridgehead atoms. The van der Waals surface area contributed by atoms with Crippen LogP contribution in [0.1, 0.15) is 11.1 Å². The van der Waals surface area contributed by atoms with Crippen molar-refractivity contribution in [3.05, 3.63) is 59.7 Å². The van der Waals surface area contributed by atoms with Crippen molar-refractivity contribution in [1.29, 1.82) is 5.26 Å². The molecule has 8 heteroatoms. The molecule has 2 aromatic rings. The van der Waals surface area contributed by atoms with Crippen molar-refractivity contribution in [3.63, 3.8) is 0 Å². The highest BCUT2D eigenvalue weighted by molar-refractivity contribution is 6.89. The molecule has 2 rings (SSSR count).